The number of nitrogens with one attached hydrogen (secondary N) is 1. The molecule has 1 N–H and O–H groups in total. The lowest BCUT2D eigenvalue weighted by molar-refractivity contribution is -0.145. The van der Waals surface area contributed by atoms with E-state index in [4.69, 9.17) is 4.74 Å². The minimum atomic E-state index is -4.58. The van der Waals surface area contributed by atoms with Crippen molar-refractivity contribution in [2.24, 2.45) is 7.05 Å². The minimum absolute atomic E-state index is 0.0624. The highest BCUT2D eigenvalue weighted by atomic mass is 19.4. The summed E-state index contributed by atoms with van der Waals surface area (Å²) in [5.41, 5.74) is 0.0146. The van der Waals surface area contributed by atoms with Crippen LogP contribution in [-0.4, -0.2) is 61.0 Å². The topological polar surface area (TPSA) is 115 Å². The Bertz CT molecular complexity index is 1900. The lowest BCUT2D eigenvalue weighted by atomic mass is 10.0. The van der Waals surface area contributed by atoms with Gasteiger partial charge in [-0.3, -0.25) is 19.4 Å². The van der Waals surface area contributed by atoms with Crippen LogP contribution in [0.4, 0.5) is 13.2 Å². The van der Waals surface area contributed by atoms with Crippen molar-refractivity contribution in [2.45, 2.75) is 25.1 Å². The standard InChI is InChI=1S/C28H23F3N6O4/c1-35-24-19(14-32-35)23-21(22(33-24)15-6-3-8-17(12-15)28(29,30)31)26(39)37(34-23)18-9-4-7-16(13-18)25(38)36-11-5-10-20(36)27(40)41-2/h3-4,6-9,12-14,20,34H,5,10-11H2,1-2H3. The summed E-state index contributed by atoms with van der Waals surface area (Å²) < 4.78 is 48.1. The number of esters is 1. The molecule has 1 fully saturated rings. The highest BCUT2D eigenvalue weighted by molar-refractivity contribution is 6.07. The molecule has 1 aliphatic rings. The number of aromatic nitrogens is 5. The minimum Gasteiger partial charge on any atom is -0.467 e. The SMILES string of the molecule is COC(=O)C1CCCN1C(=O)c1cccc(-n2[nH]c3c(c(-c4cccc(C(F)(F)F)c4)nc4c3cnn4C)c2=O)c1. The molecular formula is C28H23F3N6O4. The summed E-state index contributed by atoms with van der Waals surface area (Å²) in [5, 5.41) is 7.84. The summed E-state index contributed by atoms with van der Waals surface area (Å²) in [6.07, 6.45) is -1.93. The molecule has 210 valence electrons. The van der Waals surface area contributed by atoms with Crippen LogP contribution in [0.2, 0.25) is 0 Å². The van der Waals surface area contributed by atoms with Crippen molar-refractivity contribution in [3.05, 3.63) is 76.2 Å². The van der Waals surface area contributed by atoms with Gasteiger partial charge < -0.3 is 9.64 Å². The van der Waals surface area contributed by atoms with Crippen LogP contribution in [-0.2, 0) is 22.8 Å². The molecular weight excluding hydrogens is 541 g/mol. The molecule has 0 aliphatic carbocycles. The van der Waals surface area contributed by atoms with E-state index in [0.29, 0.717) is 41.6 Å². The van der Waals surface area contributed by atoms with Crippen LogP contribution in [0.1, 0.15) is 28.8 Å². The van der Waals surface area contributed by atoms with E-state index in [1.165, 1.54) is 45.8 Å². The number of likely N-dealkylation sites (tertiary alicyclic amines) is 1. The number of hydrogen-bond acceptors (Lipinski definition) is 6. The first-order chi connectivity index (χ1) is 19.6. The van der Waals surface area contributed by atoms with Crippen molar-refractivity contribution in [3.8, 4) is 16.9 Å². The number of halogens is 3. The second kappa shape index (κ2) is 9.61. The van der Waals surface area contributed by atoms with E-state index < -0.39 is 29.3 Å². The number of amides is 1. The molecule has 13 heteroatoms. The van der Waals surface area contributed by atoms with Gasteiger partial charge in [-0.1, -0.05) is 18.2 Å². The molecule has 2 aromatic carbocycles. The van der Waals surface area contributed by atoms with E-state index >= 15 is 0 Å². The molecule has 0 saturated carbocycles. The molecule has 3 aromatic heterocycles. The maximum Gasteiger partial charge on any atom is 0.416 e. The Kier molecular flexibility index (Phi) is 6.16. The average Bonchev–Trinajstić information content (AvgIpc) is 3.69. The largest absolute Gasteiger partial charge is 0.467 e. The predicted molar refractivity (Wildman–Crippen MR) is 142 cm³/mol. The van der Waals surface area contributed by atoms with Crippen LogP contribution in [0, 0.1) is 0 Å². The van der Waals surface area contributed by atoms with Gasteiger partial charge in [0.15, 0.2) is 5.65 Å². The number of H-pyrrole nitrogens is 1. The zero-order valence-corrected chi connectivity index (χ0v) is 21.9. The number of benzene rings is 2. The summed E-state index contributed by atoms with van der Waals surface area (Å²) in [6, 6.07) is 10.3. The smallest absolute Gasteiger partial charge is 0.416 e. The number of rotatable bonds is 4. The van der Waals surface area contributed by atoms with Crippen molar-refractivity contribution in [3.63, 3.8) is 0 Å². The highest BCUT2D eigenvalue weighted by Gasteiger charge is 2.35. The quantitative estimate of drug-likeness (QED) is 0.329. The monoisotopic (exact) mass is 564 g/mol. The molecule has 0 radical (unpaired) electrons. The number of methoxy groups -OCH3 is 1. The lowest BCUT2D eigenvalue weighted by Crippen LogP contribution is -2.41. The van der Waals surface area contributed by atoms with Gasteiger partial charge in [-0.2, -0.15) is 18.3 Å². The van der Waals surface area contributed by atoms with Gasteiger partial charge in [-0.05, 0) is 43.2 Å². The second-order valence-corrected chi connectivity index (χ2v) is 9.78. The Morgan fingerprint density at radius 3 is 2.66 bits per heavy atom. The summed E-state index contributed by atoms with van der Waals surface area (Å²) in [6.45, 7) is 0.389. The van der Waals surface area contributed by atoms with Gasteiger partial charge in [0.1, 0.15) is 6.04 Å². The molecule has 0 spiro atoms. The Morgan fingerprint density at radius 2 is 1.90 bits per heavy atom. The highest BCUT2D eigenvalue weighted by Crippen LogP contribution is 2.35. The summed E-state index contributed by atoms with van der Waals surface area (Å²) in [7, 11) is 2.91. The van der Waals surface area contributed by atoms with E-state index in [9.17, 15) is 27.6 Å². The number of alkyl halides is 3. The van der Waals surface area contributed by atoms with E-state index in [1.807, 2.05) is 0 Å². The predicted octanol–water partition coefficient (Wildman–Crippen LogP) is 4.06. The van der Waals surface area contributed by atoms with Gasteiger partial charge in [0.25, 0.3) is 11.5 Å². The number of ether oxygens (including phenoxy) is 1. The number of aromatic amines is 1. The fourth-order valence-corrected chi connectivity index (χ4v) is 5.32. The van der Waals surface area contributed by atoms with Gasteiger partial charge in [-0.15, -0.1) is 0 Å². The van der Waals surface area contributed by atoms with Crippen LogP contribution < -0.4 is 5.56 Å². The zero-order valence-electron chi connectivity index (χ0n) is 21.9. The van der Waals surface area contributed by atoms with Crippen molar-refractivity contribution in [1.82, 2.24) is 29.4 Å². The molecule has 41 heavy (non-hydrogen) atoms. The number of hydrogen-bond donors (Lipinski definition) is 1. The molecule has 0 bridgehead atoms. The third-order valence-electron chi connectivity index (χ3n) is 7.32. The molecule has 1 atom stereocenters. The third kappa shape index (κ3) is 4.33. The molecule has 1 aliphatic heterocycles. The zero-order chi connectivity index (χ0) is 29.1. The van der Waals surface area contributed by atoms with Crippen molar-refractivity contribution >= 4 is 33.8 Å². The summed E-state index contributed by atoms with van der Waals surface area (Å²) in [4.78, 5) is 45.4. The number of carbonyl (C=O) groups excluding carboxylic acids is 2. The normalized spacial score (nSPS) is 15.6. The number of fused-ring (bicyclic) bond motifs is 3. The molecule has 1 amide bonds. The van der Waals surface area contributed by atoms with Gasteiger partial charge in [0.2, 0.25) is 0 Å². The molecule has 6 rings (SSSR count). The lowest BCUT2D eigenvalue weighted by Gasteiger charge is -2.22. The number of nitrogens with zero attached hydrogens (tertiary/aromatic N) is 5. The van der Waals surface area contributed by atoms with Gasteiger partial charge in [0.05, 0.1) is 46.5 Å². The molecule has 10 nitrogen and oxygen atoms in total. The summed E-state index contributed by atoms with van der Waals surface area (Å²) in [5.74, 6) is -0.876. The van der Waals surface area contributed by atoms with Gasteiger partial charge in [0, 0.05) is 24.7 Å². The Hall–Kier alpha value is -4.94. The van der Waals surface area contributed by atoms with E-state index in [-0.39, 0.29) is 28.1 Å². The molecule has 4 heterocycles. The molecule has 1 saturated heterocycles. The Morgan fingerprint density at radius 1 is 1.12 bits per heavy atom. The van der Waals surface area contributed by atoms with Gasteiger partial charge in [-0.25, -0.2) is 14.5 Å². The first-order valence-electron chi connectivity index (χ1n) is 12.7. The molecule has 5 aromatic rings. The first kappa shape index (κ1) is 26.3. The maximum absolute atomic E-state index is 13.9. The van der Waals surface area contributed by atoms with Crippen LogP contribution in [0.15, 0.2) is 59.5 Å². The van der Waals surface area contributed by atoms with Crippen molar-refractivity contribution < 1.29 is 27.5 Å². The summed E-state index contributed by atoms with van der Waals surface area (Å²) >= 11 is 0. The van der Waals surface area contributed by atoms with E-state index in [1.54, 1.807) is 25.2 Å². The Labute approximate surface area is 229 Å². The third-order valence-corrected chi connectivity index (χ3v) is 7.32. The van der Waals surface area contributed by atoms with E-state index in [0.717, 1.165) is 12.1 Å². The average molecular weight is 565 g/mol. The number of aryl methyl sites for hydroxylation is 1. The van der Waals surface area contributed by atoms with Crippen molar-refractivity contribution in [2.75, 3.05) is 13.7 Å². The van der Waals surface area contributed by atoms with Gasteiger partial charge >= 0.3 is 12.1 Å². The second-order valence-electron chi connectivity index (χ2n) is 9.78. The van der Waals surface area contributed by atoms with Crippen LogP contribution >= 0.6 is 0 Å². The fourth-order valence-electron chi connectivity index (χ4n) is 5.32. The number of pyridine rings is 1. The first-order valence-corrected chi connectivity index (χ1v) is 12.7. The fraction of sp³-hybridized carbons (Fsp3) is 0.250. The van der Waals surface area contributed by atoms with E-state index in [2.05, 4.69) is 15.2 Å². The number of carbonyl (C=O) groups is 2. The maximum atomic E-state index is 13.9. The van der Waals surface area contributed by atoms with Crippen LogP contribution in [0.25, 0.3) is 38.9 Å². The Balaban J connectivity index is 1.51. The van der Waals surface area contributed by atoms with Crippen molar-refractivity contribution in [1.29, 1.82) is 0 Å². The van der Waals surface area contributed by atoms with Crippen LogP contribution in [0.5, 0.6) is 0 Å². The van der Waals surface area contributed by atoms with Crippen LogP contribution in [0.3, 0.4) is 0 Å². The molecule has 1 unspecified atom stereocenters.